The van der Waals surface area contributed by atoms with E-state index >= 15 is 0 Å². The van der Waals surface area contributed by atoms with E-state index in [9.17, 15) is 0 Å². The predicted molar refractivity (Wildman–Crippen MR) is 85.6 cm³/mol. The lowest BCUT2D eigenvalue weighted by Crippen LogP contribution is -2.50. The lowest BCUT2D eigenvalue weighted by atomic mass is 9.94. The van der Waals surface area contributed by atoms with E-state index in [-0.39, 0.29) is 0 Å². The lowest BCUT2D eigenvalue weighted by Gasteiger charge is -2.40. The van der Waals surface area contributed by atoms with Crippen molar-refractivity contribution in [3.8, 4) is 0 Å². The van der Waals surface area contributed by atoms with Gasteiger partial charge in [0.15, 0.2) is 0 Å². The van der Waals surface area contributed by atoms with Gasteiger partial charge in [0.1, 0.15) is 5.00 Å². The first-order valence-electron chi connectivity index (χ1n) is 7.78. The molecule has 3 heterocycles. The minimum Gasteiger partial charge on any atom is -0.357 e. The number of hydrogen-bond donors (Lipinski definition) is 1. The molecule has 0 aliphatic carbocycles. The fraction of sp³-hybridized carbons (Fsp3) is 0.562. The molecule has 2 fully saturated rings. The summed E-state index contributed by atoms with van der Waals surface area (Å²) in [6.45, 7) is 2.38. The normalized spacial score (nSPS) is 27.3. The molecule has 2 saturated heterocycles. The summed E-state index contributed by atoms with van der Waals surface area (Å²) in [4.78, 5) is 2.65. The first-order chi connectivity index (χ1) is 9.93. The van der Waals surface area contributed by atoms with Crippen molar-refractivity contribution in [3.05, 3.63) is 24.3 Å². The van der Waals surface area contributed by atoms with Crippen LogP contribution in [0.15, 0.2) is 24.3 Å². The van der Waals surface area contributed by atoms with Crippen molar-refractivity contribution >= 4 is 27.4 Å². The fourth-order valence-corrected chi connectivity index (χ4v) is 4.70. The fourth-order valence-electron chi connectivity index (χ4n) is 3.75. The Morgan fingerprint density at radius 3 is 3.00 bits per heavy atom. The molecule has 4 rings (SSSR count). The maximum Gasteiger partial charge on any atom is 0.120 e. The second kappa shape index (κ2) is 5.34. The van der Waals surface area contributed by atoms with Gasteiger partial charge >= 0.3 is 0 Å². The van der Waals surface area contributed by atoms with Crippen molar-refractivity contribution < 1.29 is 0 Å². The van der Waals surface area contributed by atoms with Gasteiger partial charge in [0.2, 0.25) is 0 Å². The highest BCUT2D eigenvalue weighted by molar-refractivity contribution is 7.11. The minimum atomic E-state index is 0.662. The molecule has 0 radical (unpaired) electrons. The third-order valence-electron chi connectivity index (χ3n) is 4.74. The largest absolute Gasteiger partial charge is 0.357 e. The quantitative estimate of drug-likeness (QED) is 0.917. The number of nitrogens with one attached hydrogen (secondary N) is 1. The van der Waals surface area contributed by atoms with Crippen LogP contribution in [-0.2, 0) is 0 Å². The molecule has 0 amide bonds. The minimum absolute atomic E-state index is 0.662. The number of piperidine rings is 1. The predicted octanol–water partition coefficient (Wildman–Crippen LogP) is 3.41. The topological polar surface area (TPSA) is 28.2 Å². The maximum atomic E-state index is 4.63. The molecular weight excluding hydrogens is 266 g/mol. The zero-order valence-corrected chi connectivity index (χ0v) is 12.5. The summed E-state index contributed by atoms with van der Waals surface area (Å²) in [5.41, 5.74) is 1.15. The van der Waals surface area contributed by atoms with Gasteiger partial charge < -0.3 is 10.2 Å². The zero-order valence-electron chi connectivity index (χ0n) is 11.7. The van der Waals surface area contributed by atoms with Gasteiger partial charge in [-0.2, -0.15) is 4.37 Å². The smallest absolute Gasteiger partial charge is 0.120 e. The molecule has 2 atom stereocenters. The number of rotatable bonds is 2. The third kappa shape index (κ3) is 2.11. The van der Waals surface area contributed by atoms with Gasteiger partial charge in [-0.05, 0) is 62.3 Å². The van der Waals surface area contributed by atoms with E-state index < -0.39 is 0 Å². The van der Waals surface area contributed by atoms with Gasteiger partial charge in [-0.1, -0.05) is 12.1 Å². The van der Waals surface area contributed by atoms with Crippen LogP contribution in [0.1, 0.15) is 32.1 Å². The Morgan fingerprint density at radius 1 is 1.15 bits per heavy atom. The van der Waals surface area contributed by atoms with Crippen LogP contribution in [0, 0.1) is 0 Å². The standard InChI is InChI=1S/C16H21N3S/c1-2-7-13-12(6-1)16(20-18-13)19-11-4-3-9-15(19)14-8-5-10-17-14/h1-2,6-7,14-15,17H,3-5,8-11H2. The zero-order chi connectivity index (χ0) is 13.4. The van der Waals surface area contributed by atoms with Crippen molar-refractivity contribution in [1.82, 2.24) is 9.69 Å². The van der Waals surface area contributed by atoms with E-state index in [1.54, 1.807) is 11.5 Å². The monoisotopic (exact) mass is 287 g/mol. The van der Waals surface area contributed by atoms with E-state index in [2.05, 4.69) is 38.9 Å². The van der Waals surface area contributed by atoms with Crippen molar-refractivity contribution in [3.63, 3.8) is 0 Å². The van der Waals surface area contributed by atoms with Crippen LogP contribution in [0.2, 0.25) is 0 Å². The molecule has 2 aromatic rings. The van der Waals surface area contributed by atoms with Gasteiger partial charge in [0.25, 0.3) is 0 Å². The molecule has 4 heteroatoms. The van der Waals surface area contributed by atoms with Gasteiger partial charge in [-0.15, -0.1) is 0 Å². The Hall–Kier alpha value is -1.13. The molecule has 20 heavy (non-hydrogen) atoms. The summed E-state index contributed by atoms with van der Waals surface area (Å²) in [6, 6.07) is 9.90. The average molecular weight is 287 g/mol. The Bertz CT molecular complexity index is 588. The van der Waals surface area contributed by atoms with Crippen LogP contribution in [0.5, 0.6) is 0 Å². The van der Waals surface area contributed by atoms with E-state index in [4.69, 9.17) is 0 Å². The van der Waals surface area contributed by atoms with Gasteiger partial charge in [0.05, 0.1) is 5.52 Å². The van der Waals surface area contributed by atoms with Crippen LogP contribution >= 0.6 is 11.5 Å². The molecule has 2 aliphatic heterocycles. The third-order valence-corrected chi connectivity index (χ3v) is 5.65. The molecule has 0 bridgehead atoms. The second-order valence-corrected chi connectivity index (χ2v) is 6.72. The second-order valence-electron chi connectivity index (χ2n) is 5.96. The number of fused-ring (bicyclic) bond motifs is 1. The number of benzene rings is 1. The van der Waals surface area contributed by atoms with Crippen LogP contribution in [0.3, 0.4) is 0 Å². The highest BCUT2D eigenvalue weighted by Crippen LogP contribution is 2.36. The van der Waals surface area contributed by atoms with E-state index in [0.29, 0.717) is 12.1 Å². The van der Waals surface area contributed by atoms with Crippen LogP contribution < -0.4 is 10.2 Å². The van der Waals surface area contributed by atoms with E-state index in [1.807, 2.05) is 0 Å². The van der Waals surface area contributed by atoms with Crippen molar-refractivity contribution in [1.29, 1.82) is 0 Å². The molecule has 2 aliphatic rings. The molecule has 106 valence electrons. The molecule has 1 aromatic carbocycles. The van der Waals surface area contributed by atoms with Gasteiger partial charge in [-0.3, -0.25) is 0 Å². The molecule has 0 saturated carbocycles. The molecular formula is C16H21N3S. The summed E-state index contributed by atoms with van der Waals surface area (Å²) in [5.74, 6) is 0. The summed E-state index contributed by atoms with van der Waals surface area (Å²) in [7, 11) is 0. The van der Waals surface area contributed by atoms with Crippen LogP contribution in [-0.4, -0.2) is 29.5 Å². The Labute approximate surface area is 124 Å². The number of aromatic nitrogens is 1. The highest BCUT2D eigenvalue weighted by atomic mass is 32.1. The summed E-state index contributed by atoms with van der Waals surface area (Å²) in [6.07, 6.45) is 6.67. The van der Waals surface area contributed by atoms with Crippen LogP contribution in [0.25, 0.3) is 10.9 Å². The Balaban J connectivity index is 1.70. The number of anilines is 1. The van der Waals surface area contributed by atoms with E-state index in [1.165, 1.54) is 55.6 Å². The van der Waals surface area contributed by atoms with Crippen LogP contribution in [0.4, 0.5) is 5.00 Å². The summed E-state index contributed by atoms with van der Waals surface area (Å²) < 4.78 is 4.63. The highest BCUT2D eigenvalue weighted by Gasteiger charge is 2.33. The Kier molecular flexibility index (Phi) is 3.36. The van der Waals surface area contributed by atoms with E-state index in [0.717, 1.165) is 5.52 Å². The van der Waals surface area contributed by atoms with Gasteiger partial charge in [-0.25, -0.2) is 0 Å². The molecule has 0 spiro atoms. The SMILES string of the molecule is c1ccc2c(N3CCCCC3C3CCCN3)snc2c1. The molecule has 1 N–H and O–H groups in total. The average Bonchev–Trinajstić information content (AvgIpc) is 3.17. The number of nitrogens with zero attached hydrogens (tertiary/aromatic N) is 2. The first-order valence-corrected chi connectivity index (χ1v) is 8.55. The maximum absolute atomic E-state index is 4.63. The van der Waals surface area contributed by atoms with Crippen molar-refractivity contribution in [2.75, 3.05) is 18.0 Å². The van der Waals surface area contributed by atoms with Crippen molar-refractivity contribution in [2.45, 2.75) is 44.2 Å². The van der Waals surface area contributed by atoms with Crippen molar-refractivity contribution in [2.24, 2.45) is 0 Å². The lowest BCUT2D eigenvalue weighted by molar-refractivity contribution is 0.380. The summed E-state index contributed by atoms with van der Waals surface area (Å²) in [5, 5.41) is 6.43. The Morgan fingerprint density at radius 2 is 2.10 bits per heavy atom. The molecule has 1 aromatic heterocycles. The van der Waals surface area contributed by atoms with Gasteiger partial charge in [0, 0.05) is 24.0 Å². The first kappa shape index (κ1) is 12.6. The number of hydrogen-bond acceptors (Lipinski definition) is 4. The molecule has 3 nitrogen and oxygen atoms in total. The molecule has 2 unspecified atom stereocenters. The summed E-state index contributed by atoms with van der Waals surface area (Å²) >= 11 is 1.68.